The van der Waals surface area contributed by atoms with Gasteiger partial charge in [0.1, 0.15) is 0 Å². The van der Waals surface area contributed by atoms with E-state index in [2.05, 4.69) is 73.8 Å². The first-order valence-corrected chi connectivity index (χ1v) is 13.7. The third-order valence-corrected chi connectivity index (χ3v) is 12.0. The molecule has 0 bridgehead atoms. The van der Waals surface area contributed by atoms with Crippen LogP contribution < -0.4 is 19.3 Å². The van der Waals surface area contributed by atoms with Gasteiger partial charge in [-0.15, -0.1) is 0 Å². The third kappa shape index (κ3) is 1.73. The predicted octanol–water partition coefficient (Wildman–Crippen LogP) is 2.67. The van der Waals surface area contributed by atoms with Gasteiger partial charge in [-0.2, -0.15) is 0 Å². The second kappa shape index (κ2) is 4.95. The Labute approximate surface area is 160 Å². The fourth-order valence-corrected chi connectivity index (χ4v) is 10.5. The van der Waals surface area contributed by atoms with Gasteiger partial charge in [0.15, 0.2) is 0 Å². The van der Waals surface area contributed by atoms with Gasteiger partial charge in [0, 0.05) is 0 Å². The zero-order valence-corrected chi connectivity index (χ0v) is 17.4. The fraction of sp³-hybridized carbons (Fsp3) is 0.0870. The van der Waals surface area contributed by atoms with Crippen molar-refractivity contribution in [2.45, 2.75) is 13.1 Å². The van der Waals surface area contributed by atoms with Gasteiger partial charge in [0.25, 0.3) is 0 Å². The number of nitrogens with zero attached hydrogens (tertiary/aromatic N) is 1. The van der Waals surface area contributed by atoms with Crippen LogP contribution in [0.25, 0.3) is 33.2 Å². The minimum atomic E-state index is -1.63. The standard InChI is InChI=1S/C23H17NSeSi/c1-26(2)18-9-5-8-17-20(18)21-19(26)12-13-24-22(21)16-11-10-14-6-3-4-7-15(14)23(16)25-17/h3-13H,1-2H3. The van der Waals surface area contributed by atoms with Crippen molar-refractivity contribution < 1.29 is 0 Å². The van der Waals surface area contributed by atoms with Crippen molar-refractivity contribution in [1.29, 1.82) is 0 Å². The minimum absolute atomic E-state index is 0.286. The van der Waals surface area contributed by atoms with E-state index in [1.165, 1.54) is 42.1 Å². The molecule has 0 radical (unpaired) electrons. The predicted molar refractivity (Wildman–Crippen MR) is 114 cm³/mol. The second-order valence-corrected chi connectivity index (χ2v) is 14.2. The van der Waals surface area contributed by atoms with Gasteiger partial charge in [0.05, 0.1) is 0 Å². The van der Waals surface area contributed by atoms with Crippen LogP contribution in [-0.4, -0.2) is 28.0 Å². The number of benzene rings is 3. The molecule has 0 amide bonds. The van der Waals surface area contributed by atoms with Crippen molar-refractivity contribution >= 4 is 53.1 Å². The normalized spacial score (nSPS) is 15.5. The molecule has 0 unspecified atom stereocenters. The van der Waals surface area contributed by atoms with E-state index in [-0.39, 0.29) is 15.0 Å². The topological polar surface area (TPSA) is 12.9 Å². The molecule has 26 heavy (non-hydrogen) atoms. The summed E-state index contributed by atoms with van der Waals surface area (Å²) in [5.41, 5.74) is 5.50. The van der Waals surface area contributed by atoms with E-state index in [1.807, 2.05) is 6.20 Å². The molecule has 0 fully saturated rings. The van der Waals surface area contributed by atoms with Gasteiger partial charge >= 0.3 is 160 Å². The van der Waals surface area contributed by atoms with E-state index in [0.29, 0.717) is 0 Å². The maximum absolute atomic E-state index is 4.92. The Hall–Kier alpha value is -2.19. The first kappa shape index (κ1) is 14.9. The number of pyridine rings is 1. The molecular formula is C23H17NSeSi. The molecule has 0 aliphatic carbocycles. The third-order valence-electron chi connectivity index (χ3n) is 5.92. The van der Waals surface area contributed by atoms with Gasteiger partial charge in [0.2, 0.25) is 0 Å². The Kier molecular flexibility index (Phi) is 2.84. The monoisotopic (exact) mass is 415 g/mol. The average Bonchev–Trinajstić information content (AvgIpc) is 2.81. The second-order valence-electron chi connectivity index (χ2n) is 7.65. The number of aromatic nitrogens is 1. The average molecular weight is 414 g/mol. The quantitative estimate of drug-likeness (QED) is 0.355. The molecule has 0 N–H and O–H groups in total. The number of hydrogen-bond donors (Lipinski definition) is 0. The number of hydrogen-bond acceptors (Lipinski definition) is 1. The molecule has 1 nitrogen and oxygen atoms in total. The van der Waals surface area contributed by atoms with E-state index in [4.69, 9.17) is 4.98 Å². The van der Waals surface area contributed by atoms with Crippen molar-refractivity contribution in [3.63, 3.8) is 0 Å². The molecule has 6 rings (SSSR count). The Morgan fingerprint density at radius 1 is 0.808 bits per heavy atom. The molecule has 4 aromatic rings. The van der Waals surface area contributed by atoms with Crippen molar-refractivity contribution in [2.24, 2.45) is 0 Å². The Morgan fingerprint density at radius 3 is 2.58 bits per heavy atom. The molecule has 2 aliphatic heterocycles. The van der Waals surface area contributed by atoms with Crippen molar-refractivity contribution in [2.75, 3.05) is 0 Å². The van der Waals surface area contributed by atoms with Crippen LogP contribution in [-0.2, 0) is 0 Å². The zero-order valence-electron chi connectivity index (χ0n) is 14.7. The van der Waals surface area contributed by atoms with Crippen LogP contribution in [0.4, 0.5) is 0 Å². The summed E-state index contributed by atoms with van der Waals surface area (Å²) in [5, 5.41) is 5.87. The number of rotatable bonds is 0. The van der Waals surface area contributed by atoms with Crippen molar-refractivity contribution in [1.82, 2.24) is 4.98 Å². The molecule has 124 valence electrons. The first-order chi connectivity index (χ1) is 12.7. The van der Waals surface area contributed by atoms with Gasteiger partial charge in [-0.05, 0) is 0 Å². The first-order valence-electron chi connectivity index (χ1n) is 8.99. The van der Waals surface area contributed by atoms with Gasteiger partial charge < -0.3 is 0 Å². The van der Waals surface area contributed by atoms with Crippen molar-refractivity contribution in [3.05, 3.63) is 66.9 Å². The van der Waals surface area contributed by atoms with E-state index in [1.54, 1.807) is 10.4 Å². The summed E-state index contributed by atoms with van der Waals surface area (Å²) < 4.78 is 3.01. The SMILES string of the molecule is C[Si]1(C)c2cccc3c2-c2c1ccnc2-c1ccc2ccccc2c1[Se]3. The summed E-state index contributed by atoms with van der Waals surface area (Å²) in [6.07, 6.45) is 2.03. The van der Waals surface area contributed by atoms with Crippen LogP contribution in [0.1, 0.15) is 0 Å². The fourth-order valence-electron chi connectivity index (χ4n) is 4.63. The van der Waals surface area contributed by atoms with Crippen LogP contribution in [0.3, 0.4) is 0 Å². The summed E-state index contributed by atoms with van der Waals surface area (Å²) in [5.74, 6) is 0. The molecule has 3 heteroatoms. The van der Waals surface area contributed by atoms with Crippen LogP contribution in [0.15, 0.2) is 66.9 Å². The van der Waals surface area contributed by atoms with Crippen LogP contribution in [0.2, 0.25) is 13.1 Å². The molecule has 0 spiro atoms. The molecule has 0 saturated carbocycles. The number of fused-ring (bicyclic) bond motifs is 4. The summed E-state index contributed by atoms with van der Waals surface area (Å²) in [6, 6.07) is 22.7. The molecule has 1 aromatic heterocycles. The molecule has 0 atom stereocenters. The van der Waals surface area contributed by atoms with E-state index in [0.717, 1.165) is 0 Å². The van der Waals surface area contributed by atoms with Gasteiger partial charge in [-0.25, -0.2) is 0 Å². The van der Waals surface area contributed by atoms with Gasteiger partial charge in [-0.1, -0.05) is 0 Å². The Balaban J connectivity index is 1.84. The summed E-state index contributed by atoms with van der Waals surface area (Å²) in [4.78, 5) is 4.92. The molecule has 0 saturated heterocycles. The van der Waals surface area contributed by atoms with E-state index >= 15 is 0 Å². The summed E-state index contributed by atoms with van der Waals surface area (Å²) >= 11 is 0.286. The maximum atomic E-state index is 4.92. The van der Waals surface area contributed by atoms with Crippen LogP contribution in [0.5, 0.6) is 0 Å². The summed E-state index contributed by atoms with van der Waals surface area (Å²) in [6.45, 7) is 4.97. The van der Waals surface area contributed by atoms with E-state index < -0.39 is 8.07 Å². The molecular weight excluding hydrogens is 397 g/mol. The molecule has 3 aromatic carbocycles. The molecule has 2 aliphatic rings. The van der Waals surface area contributed by atoms with Gasteiger partial charge in [-0.3, -0.25) is 0 Å². The van der Waals surface area contributed by atoms with Crippen LogP contribution >= 0.6 is 0 Å². The van der Waals surface area contributed by atoms with Crippen LogP contribution in [0, 0.1) is 0 Å². The Bertz CT molecular complexity index is 1240. The molecule has 3 heterocycles. The zero-order chi connectivity index (χ0) is 17.5. The van der Waals surface area contributed by atoms with E-state index in [9.17, 15) is 0 Å². The summed E-state index contributed by atoms with van der Waals surface area (Å²) in [7, 11) is -1.63. The van der Waals surface area contributed by atoms with Crippen molar-refractivity contribution in [3.8, 4) is 22.4 Å². The Morgan fingerprint density at radius 2 is 1.65 bits per heavy atom.